The minimum absolute atomic E-state index is 0.0142. The van der Waals surface area contributed by atoms with Crippen molar-refractivity contribution in [3.05, 3.63) is 125 Å². The van der Waals surface area contributed by atoms with Crippen LogP contribution in [0.3, 0.4) is 0 Å². The van der Waals surface area contributed by atoms with Crippen molar-refractivity contribution >= 4 is 39.1 Å². The summed E-state index contributed by atoms with van der Waals surface area (Å²) in [7, 11) is -2.81. The fraction of sp³-hybridized carbons (Fsp3) is 0.257. The summed E-state index contributed by atoms with van der Waals surface area (Å²) in [5.41, 5.74) is 2.46. The van der Waals surface area contributed by atoms with E-state index in [1.165, 1.54) is 24.1 Å². The van der Waals surface area contributed by atoms with Gasteiger partial charge in [0, 0.05) is 24.5 Å². The van der Waals surface area contributed by atoms with Gasteiger partial charge in [0.15, 0.2) is 0 Å². The SMILES string of the molecule is CCCNC(=O)[C@@H](Cc1ccccc1)N(Cc1ccccc1Cl)C(=O)CN(c1cc(C)ccc1OC)S(=O)(=O)c1ccccc1. The monoisotopic (exact) mass is 647 g/mol. The van der Waals surface area contributed by atoms with Crippen molar-refractivity contribution in [2.24, 2.45) is 0 Å². The van der Waals surface area contributed by atoms with Gasteiger partial charge in [0.25, 0.3) is 10.0 Å². The number of sulfonamides is 1. The van der Waals surface area contributed by atoms with Gasteiger partial charge in [0.1, 0.15) is 18.3 Å². The van der Waals surface area contributed by atoms with Crippen molar-refractivity contribution in [3.63, 3.8) is 0 Å². The summed E-state index contributed by atoms with van der Waals surface area (Å²) in [6.07, 6.45) is 0.921. The average Bonchev–Trinajstić information content (AvgIpc) is 3.05. The number of amides is 2. The number of nitrogens with one attached hydrogen (secondary N) is 1. The lowest BCUT2D eigenvalue weighted by molar-refractivity contribution is -0.140. The Bertz CT molecular complexity index is 1700. The third kappa shape index (κ3) is 8.44. The van der Waals surface area contributed by atoms with E-state index in [-0.39, 0.29) is 35.2 Å². The van der Waals surface area contributed by atoms with E-state index in [2.05, 4.69) is 5.32 Å². The highest BCUT2D eigenvalue weighted by molar-refractivity contribution is 7.92. The van der Waals surface area contributed by atoms with E-state index in [4.69, 9.17) is 16.3 Å². The van der Waals surface area contributed by atoms with Crippen LogP contribution in [0, 0.1) is 6.92 Å². The number of hydrogen-bond donors (Lipinski definition) is 1. The van der Waals surface area contributed by atoms with E-state index >= 15 is 0 Å². The van der Waals surface area contributed by atoms with Crippen LogP contribution in [0.15, 0.2) is 108 Å². The molecular weight excluding hydrogens is 610 g/mol. The first-order chi connectivity index (χ1) is 21.6. The highest BCUT2D eigenvalue weighted by Gasteiger charge is 2.35. The molecule has 0 saturated carbocycles. The highest BCUT2D eigenvalue weighted by Crippen LogP contribution is 2.34. The van der Waals surface area contributed by atoms with E-state index in [0.29, 0.717) is 23.6 Å². The van der Waals surface area contributed by atoms with Crippen LogP contribution in [-0.2, 0) is 32.6 Å². The number of aryl methyl sites for hydroxylation is 1. The fourth-order valence-corrected chi connectivity index (χ4v) is 6.59. The van der Waals surface area contributed by atoms with Gasteiger partial charge in [0.2, 0.25) is 11.8 Å². The molecule has 0 unspecified atom stereocenters. The predicted molar refractivity (Wildman–Crippen MR) is 178 cm³/mol. The molecule has 4 aromatic rings. The van der Waals surface area contributed by atoms with E-state index in [9.17, 15) is 18.0 Å². The van der Waals surface area contributed by atoms with E-state index < -0.39 is 28.5 Å². The molecule has 0 aliphatic rings. The quantitative estimate of drug-likeness (QED) is 0.181. The molecule has 236 valence electrons. The van der Waals surface area contributed by atoms with Gasteiger partial charge in [-0.15, -0.1) is 0 Å². The van der Waals surface area contributed by atoms with Crippen LogP contribution in [0.2, 0.25) is 5.02 Å². The minimum atomic E-state index is -4.25. The molecule has 0 aliphatic heterocycles. The molecule has 0 radical (unpaired) electrons. The maximum Gasteiger partial charge on any atom is 0.264 e. The third-order valence-electron chi connectivity index (χ3n) is 7.33. The summed E-state index contributed by atoms with van der Waals surface area (Å²) in [6.45, 7) is 3.59. The Morgan fingerprint density at radius 2 is 1.56 bits per heavy atom. The lowest BCUT2D eigenvalue weighted by atomic mass is 10.0. The number of nitrogens with zero attached hydrogens (tertiary/aromatic N) is 2. The number of ether oxygens (including phenoxy) is 1. The van der Waals surface area contributed by atoms with Gasteiger partial charge in [-0.3, -0.25) is 13.9 Å². The summed E-state index contributed by atoms with van der Waals surface area (Å²) in [5, 5.41) is 3.37. The third-order valence-corrected chi connectivity index (χ3v) is 9.47. The Balaban J connectivity index is 1.85. The summed E-state index contributed by atoms with van der Waals surface area (Å²) < 4.78 is 35.1. The topological polar surface area (TPSA) is 96.0 Å². The molecular formula is C35H38ClN3O5S. The molecule has 4 aromatic carbocycles. The average molecular weight is 648 g/mol. The Labute approximate surface area is 270 Å². The molecule has 0 spiro atoms. The van der Waals surface area contributed by atoms with Crippen LogP contribution in [0.4, 0.5) is 5.69 Å². The fourth-order valence-electron chi connectivity index (χ4n) is 4.96. The van der Waals surface area contributed by atoms with Gasteiger partial charge in [0.05, 0.1) is 17.7 Å². The first-order valence-corrected chi connectivity index (χ1v) is 16.5. The molecule has 1 atom stereocenters. The molecule has 0 heterocycles. The van der Waals surface area contributed by atoms with E-state index in [0.717, 1.165) is 15.4 Å². The molecule has 45 heavy (non-hydrogen) atoms. The van der Waals surface area contributed by atoms with Crippen molar-refractivity contribution in [1.82, 2.24) is 10.2 Å². The Morgan fingerprint density at radius 1 is 0.911 bits per heavy atom. The first-order valence-electron chi connectivity index (χ1n) is 14.7. The number of rotatable bonds is 14. The number of benzene rings is 4. The van der Waals surface area contributed by atoms with Crippen molar-refractivity contribution < 1.29 is 22.7 Å². The van der Waals surface area contributed by atoms with Crippen LogP contribution in [0.25, 0.3) is 0 Å². The number of hydrogen-bond acceptors (Lipinski definition) is 5. The zero-order valence-corrected chi connectivity index (χ0v) is 27.2. The van der Waals surface area contributed by atoms with Gasteiger partial charge in [-0.25, -0.2) is 8.42 Å². The second-order valence-electron chi connectivity index (χ2n) is 10.6. The number of carbonyl (C=O) groups is 2. The molecule has 1 N–H and O–H groups in total. The van der Waals surface area contributed by atoms with Crippen LogP contribution in [0.5, 0.6) is 5.75 Å². The number of anilines is 1. The summed E-state index contributed by atoms with van der Waals surface area (Å²) in [6, 6.07) is 28.6. The van der Waals surface area contributed by atoms with Gasteiger partial charge >= 0.3 is 0 Å². The summed E-state index contributed by atoms with van der Waals surface area (Å²) in [4.78, 5) is 29.8. The highest BCUT2D eigenvalue weighted by atomic mass is 35.5. The zero-order valence-electron chi connectivity index (χ0n) is 25.6. The Hall–Kier alpha value is -4.34. The van der Waals surface area contributed by atoms with Gasteiger partial charge < -0.3 is 15.0 Å². The van der Waals surface area contributed by atoms with Crippen LogP contribution in [-0.4, -0.2) is 51.4 Å². The molecule has 0 saturated heterocycles. The molecule has 0 bridgehead atoms. The van der Waals surface area contributed by atoms with Gasteiger partial charge in [-0.1, -0.05) is 91.3 Å². The van der Waals surface area contributed by atoms with Gasteiger partial charge in [-0.05, 0) is 60.4 Å². The van der Waals surface area contributed by atoms with Crippen LogP contribution < -0.4 is 14.4 Å². The Morgan fingerprint density at radius 3 is 2.20 bits per heavy atom. The molecule has 0 aromatic heterocycles. The number of halogens is 1. The number of carbonyl (C=O) groups excluding carboxylic acids is 2. The molecule has 8 nitrogen and oxygen atoms in total. The lowest BCUT2D eigenvalue weighted by Crippen LogP contribution is -2.53. The molecule has 10 heteroatoms. The smallest absolute Gasteiger partial charge is 0.264 e. The summed E-state index contributed by atoms with van der Waals surface area (Å²) >= 11 is 6.55. The molecule has 0 aliphatic carbocycles. The molecule has 4 rings (SSSR count). The second kappa shape index (κ2) is 15.6. The summed E-state index contributed by atoms with van der Waals surface area (Å²) in [5.74, 6) is -0.635. The standard InChI is InChI=1S/C35H38ClN3O5S/c1-4-21-37-35(41)32(23-27-13-7-5-8-14-27)38(24-28-15-11-12-18-30(28)36)34(40)25-39(31-22-26(2)19-20-33(31)44-3)45(42,43)29-16-9-6-10-17-29/h5-20,22,32H,4,21,23-25H2,1-3H3,(H,37,41)/t32-/m1/s1. The zero-order chi connectivity index (χ0) is 32.4. The predicted octanol–water partition coefficient (Wildman–Crippen LogP) is 6.02. The van der Waals surface area contributed by atoms with Crippen molar-refractivity contribution in [2.75, 3.05) is 24.5 Å². The maximum atomic E-state index is 14.6. The normalized spacial score (nSPS) is 11.8. The van der Waals surface area contributed by atoms with Crippen LogP contribution in [0.1, 0.15) is 30.0 Å². The first kappa shape index (κ1) is 33.6. The van der Waals surface area contributed by atoms with Crippen LogP contribution >= 0.6 is 11.6 Å². The molecule has 0 fully saturated rings. The largest absolute Gasteiger partial charge is 0.495 e. The van der Waals surface area contributed by atoms with Crippen molar-refractivity contribution in [3.8, 4) is 5.75 Å². The number of methoxy groups -OCH3 is 1. The van der Waals surface area contributed by atoms with Gasteiger partial charge in [-0.2, -0.15) is 0 Å². The van der Waals surface area contributed by atoms with E-state index in [1.54, 1.807) is 60.7 Å². The molecule has 2 amide bonds. The van der Waals surface area contributed by atoms with Crippen molar-refractivity contribution in [2.45, 2.75) is 44.2 Å². The maximum absolute atomic E-state index is 14.6. The second-order valence-corrected chi connectivity index (χ2v) is 12.9. The lowest BCUT2D eigenvalue weighted by Gasteiger charge is -2.34. The Kier molecular flexibility index (Phi) is 11.6. The van der Waals surface area contributed by atoms with Crippen molar-refractivity contribution in [1.29, 1.82) is 0 Å². The minimum Gasteiger partial charge on any atom is -0.495 e. The van der Waals surface area contributed by atoms with E-state index in [1.807, 2.05) is 44.2 Å².